The van der Waals surface area contributed by atoms with Crippen molar-refractivity contribution in [1.82, 2.24) is 0 Å². The van der Waals surface area contributed by atoms with E-state index >= 15 is 0 Å². The van der Waals surface area contributed by atoms with Gasteiger partial charge in [0, 0.05) is 18.3 Å². The van der Waals surface area contributed by atoms with Crippen LogP contribution < -0.4 is 0 Å². The molecule has 0 unspecified atom stereocenters. The Bertz CT molecular complexity index is 1190. The molecule has 2 spiro atoms. The van der Waals surface area contributed by atoms with Crippen molar-refractivity contribution in [3.63, 3.8) is 0 Å². The van der Waals surface area contributed by atoms with Gasteiger partial charge in [-0.05, 0) is 48.3 Å². The number of carbonyl (C=O) groups is 3. The fraction of sp³-hybridized carbons (Fsp3) is 0.593. The SMILES string of the molecule is C=C1C(=O)[C@]23[C@H](OC(=O)c4ccccc4Cl)[C@H]1CC[C@H]2[C@@]12CO[C@@]3(O)[C@@H](O)[C@@H]1C(C)(C)CCC2=O. The molecular formula is C27H29ClO7. The lowest BCUT2D eigenvalue weighted by Crippen LogP contribution is -2.85. The number of fused-ring (bicyclic) bond motifs is 2. The zero-order chi connectivity index (χ0) is 25.1. The number of hydrogen-bond donors (Lipinski definition) is 2. The number of hydrogen-bond acceptors (Lipinski definition) is 7. The average Bonchev–Trinajstić information content (AvgIpc) is 2.93. The molecule has 2 N–H and O–H groups in total. The smallest absolute Gasteiger partial charge is 0.339 e. The molecule has 2 saturated heterocycles. The van der Waals surface area contributed by atoms with Gasteiger partial charge in [-0.15, -0.1) is 0 Å². The third kappa shape index (κ3) is 2.46. The molecule has 6 fully saturated rings. The van der Waals surface area contributed by atoms with Gasteiger partial charge in [0.25, 0.3) is 0 Å². The van der Waals surface area contributed by atoms with Crippen LogP contribution in [0.25, 0.3) is 0 Å². The Hall–Kier alpha value is -2.06. The number of benzene rings is 1. The number of esters is 1. The van der Waals surface area contributed by atoms with Crippen molar-refractivity contribution < 1.29 is 34.1 Å². The quantitative estimate of drug-likeness (QED) is 0.474. The Morgan fingerprint density at radius 1 is 1.23 bits per heavy atom. The zero-order valence-electron chi connectivity index (χ0n) is 19.8. The predicted molar refractivity (Wildman–Crippen MR) is 124 cm³/mol. The van der Waals surface area contributed by atoms with Crippen molar-refractivity contribution >= 4 is 29.1 Å². The van der Waals surface area contributed by atoms with Crippen LogP contribution in [0.2, 0.25) is 5.02 Å². The third-order valence-corrected chi connectivity index (χ3v) is 10.3. The molecule has 6 aliphatic rings. The summed E-state index contributed by atoms with van der Waals surface area (Å²) in [6.45, 7) is 7.90. The molecule has 4 aliphatic carbocycles. The van der Waals surface area contributed by atoms with Crippen molar-refractivity contribution in [2.45, 2.75) is 57.5 Å². The minimum Gasteiger partial charge on any atom is -0.457 e. The topological polar surface area (TPSA) is 110 Å². The summed E-state index contributed by atoms with van der Waals surface area (Å²) in [5.74, 6) is -5.41. The van der Waals surface area contributed by atoms with Crippen LogP contribution >= 0.6 is 11.6 Å². The molecule has 2 aliphatic heterocycles. The van der Waals surface area contributed by atoms with E-state index in [1.807, 2.05) is 13.8 Å². The fourth-order valence-corrected chi connectivity index (χ4v) is 8.78. The van der Waals surface area contributed by atoms with Crippen molar-refractivity contribution in [3.05, 3.63) is 47.0 Å². The Morgan fingerprint density at radius 3 is 2.66 bits per heavy atom. The molecule has 1 aromatic carbocycles. The largest absolute Gasteiger partial charge is 0.457 e. The molecule has 4 saturated carbocycles. The molecule has 2 heterocycles. The first-order valence-corrected chi connectivity index (χ1v) is 12.6. The van der Waals surface area contributed by atoms with Gasteiger partial charge in [-0.2, -0.15) is 0 Å². The van der Waals surface area contributed by atoms with E-state index < -0.39 is 63.7 Å². The first-order valence-electron chi connectivity index (χ1n) is 12.2. The van der Waals surface area contributed by atoms with Gasteiger partial charge in [0.15, 0.2) is 5.78 Å². The Morgan fingerprint density at radius 2 is 1.94 bits per heavy atom. The molecule has 7 rings (SSSR count). The summed E-state index contributed by atoms with van der Waals surface area (Å²) in [6, 6.07) is 6.43. The van der Waals surface area contributed by atoms with Crippen molar-refractivity contribution in [2.24, 2.45) is 34.0 Å². The number of aliphatic hydroxyl groups excluding tert-OH is 1. The molecule has 7 nitrogen and oxygen atoms in total. The maximum atomic E-state index is 14.0. The summed E-state index contributed by atoms with van der Waals surface area (Å²) in [4.78, 5) is 41.0. The molecule has 8 atom stereocenters. The molecule has 0 amide bonds. The minimum atomic E-state index is -2.32. The van der Waals surface area contributed by atoms with Crippen LogP contribution in [-0.4, -0.2) is 52.4 Å². The van der Waals surface area contributed by atoms with Gasteiger partial charge in [0.2, 0.25) is 5.79 Å². The van der Waals surface area contributed by atoms with Gasteiger partial charge >= 0.3 is 5.97 Å². The van der Waals surface area contributed by atoms with Gasteiger partial charge in [0.05, 0.1) is 22.6 Å². The Labute approximate surface area is 208 Å². The van der Waals surface area contributed by atoms with Crippen LogP contribution in [0.5, 0.6) is 0 Å². The van der Waals surface area contributed by atoms with Gasteiger partial charge < -0.3 is 19.7 Å². The number of rotatable bonds is 2. The third-order valence-electron chi connectivity index (χ3n) is 9.95. The normalized spacial score (nSPS) is 45.2. The summed E-state index contributed by atoms with van der Waals surface area (Å²) >= 11 is 6.23. The zero-order valence-corrected chi connectivity index (χ0v) is 20.5. The van der Waals surface area contributed by atoms with Crippen LogP contribution in [-0.2, 0) is 19.1 Å². The second-order valence-electron chi connectivity index (χ2n) is 11.6. The van der Waals surface area contributed by atoms with E-state index in [1.165, 1.54) is 6.07 Å². The standard InChI is InChI=1S/C27H29ClO7/c1-13-14-8-9-17-25-12-34-27(33,21(31)19(25)24(2,3)11-10-18(25)29)26(17,20(13)30)22(14)35-23(32)15-6-4-5-7-16(15)28/h4-7,14,17,19,21-22,31,33H,1,8-12H2,2-3H3/t14-,17-,19+,21-,22+,25+,26-,27-/m0/s1. The highest BCUT2D eigenvalue weighted by Gasteiger charge is 2.88. The molecular weight excluding hydrogens is 472 g/mol. The summed E-state index contributed by atoms with van der Waals surface area (Å²) in [6.07, 6.45) is -0.840. The molecule has 0 radical (unpaired) electrons. The number of ketones is 2. The highest BCUT2D eigenvalue weighted by atomic mass is 35.5. The van der Waals surface area contributed by atoms with E-state index in [0.29, 0.717) is 25.7 Å². The second-order valence-corrected chi connectivity index (χ2v) is 12.0. The van der Waals surface area contributed by atoms with Gasteiger partial charge in [-0.25, -0.2) is 4.79 Å². The maximum Gasteiger partial charge on any atom is 0.339 e. The second kappa shape index (κ2) is 7.03. The molecule has 35 heavy (non-hydrogen) atoms. The van der Waals surface area contributed by atoms with Crippen LogP contribution in [0.1, 0.15) is 49.9 Å². The average molecular weight is 501 g/mol. The summed E-state index contributed by atoms with van der Waals surface area (Å²) in [5.41, 5.74) is -3.08. The molecule has 4 bridgehead atoms. The lowest BCUT2D eigenvalue weighted by atomic mass is 9.36. The molecule has 0 aromatic heterocycles. The summed E-state index contributed by atoms with van der Waals surface area (Å²) in [5, 5.41) is 24.0. The van der Waals surface area contributed by atoms with E-state index in [-0.39, 0.29) is 28.5 Å². The van der Waals surface area contributed by atoms with E-state index in [0.717, 1.165) is 0 Å². The lowest BCUT2D eigenvalue weighted by Gasteiger charge is -2.72. The lowest BCUT2D eigenvalue weighted by molar-refractivity contribution is -0.436. The first-order chi connectivity index (χ1) is 16.4. The highest BCUT2D eigenvalue weighted by molar-refractivity contribution is 6.33. The molecule has 8 heteroatoms. The maximum absolute atomic E-state index is 14.0. The van der Waals surface area contributed by atoms with E-state index in [1.54, 1.807) is 18.2 Å². The van der Waals surface area contributed by atoms with Gasteiger partial charge in [-0.1, -0.05) is 44.2 Å². The van der Waals surface area contributed by atoms with E-state index in [2.05, 4.69) is 6.58 Å². The summed E-state index contributed by atoms with van der Waals surface area (Å²) < 4.78 is 12.0. The molecule has 1 aromatic rings. The van der Waals surface area contributed by atoms with Crippen LogP contribution in [0.4, 0.5) is 0 Å². The number of halogens is 1. The number of carbonyl (C=O) groups excluding carboxylic acids is 3. The van der Waals surface area contributed by atoms with Gasteiger partial charge in [-0.3, -0.25) is 9.59 Å². The summed E-state index contributed by atoms with van der Waals surface area (Å²) in [7, 11) is 0. The minimum absolute atomic E-state index is 0.0630. The van der Waals surface area contributed by atoms with Crippen molar-refractivity contribution in [3.8, 4) is 0 Å². The fourth-order valence-electron chi connectivity index (χ4n) is 8.57. The van der Waals surface area contributed by atoms with E-state index in [4.69, 9.17) is 21.1 Å². The number of Topliss-reactive ketones (excluding diaryl/α,β-unsaturated/α-hetero) is 2. The number of aliphatic hydroxyl groups is 2. The van der Waals surface area contributed by atoms with Crippen LogP contribution in [0.15, 0.2) is 36.4 Å². The highest BCUT2D eigenvalue weighted by Crippen LogP contribution is 2.76. The first kappa shape index (κ1) is 23.3. The van der Waals surface area contributed by atoms with Gasteiger partial charge in [0.1, 0.15) is 23.4 Å². The van der Waals surface area contributed by atoms with E-state index in [9.17, 15) is 24.6 Å². The Balaban J connectivity index is 1.55. The number of ether oxygens (including phenoxy) is 2. The van der Waals surface area contributed by atoms with Crippen molar-refractivity contribution in [1.29, 1.82) is 0 Å². The Kier molecular flexibility index (Phi) is 4.69. The monoisotopic (exact) mass is 500 g/mol. The molecule has 186 valence electrons. The van der Waals surface area contributed by atoms with Crippen LogP contribution in [0, 0.1) is 34.0 Å². The van der Waals surface area contributed by atoms with Crippen LogP contribution in [0.3, 0.4) is 0 Å². The predicted octanol–water partition coefficient (Wildman–Crippen LogP) is 3.10. The van der Waals surface area contributed by atoms with Crippen molar-refractivity contribution in [2.75, 3.05) is 6.61 Å².